The van der Waals surface area contributed by atoms with E-state index in [-0.39, 0.29) is 5.41 Å². The zero-order valence-electron chi connectivity index (χ0n) is 28.9. The quantitative estimate of drug-likeness (QED) is 0.187. The van der Waals surface area contributed by atoms with Crippen LogP contribution in [0.15, 0.2) is 173 Å². The molecule has 0 radical (unpaired) electrons. The van der Waals surface area contributed by atoms with Crippen molar-refractivity contribution < 1.29 is 8.83 Å². The summed E-state index contributed by atoms with van der Waals surface area (Å²) in [6.07, 6.45) is 0. The smallest absolute Gasteiger partial charge is 0.143 e. The number of hydrogen-bond acceptors (Lipinski definition) is 3. The van der Waals surface area contributed by atoms with Crippen LogP contribution in [0.5, 0.6) is 0 Å². The van der Waals surface area contributed by atoms with Crippen LogP contribution < -0.4 is 4.90 Å². The number of rotatable bonds is 4. The van der Waals surface area contributed by atoms with Crippen LogP contribution in [0.3, 0.4) is 0 Å². The first-order valence-corrected chi connectivity index (χ1v) is 17.9. The van der Waals surface area contributed by atoms with Gasteiger partial charge in [-0.3, -0.25) is 0 Å². The lowest BCUT2D eigenvalue weighted by atomic mass is 9.82. The van der Waals surface area contributed by atoms with E-state index < -0.39 is 0 Å². The molecule has 0 N–H and O–H groups in total. The molecule has 8 aromatic carbocycles. The highest BCUT2D eigenvalue weighted by Crippen LogP contribution is 2.54. The molecule has 2 aromatic heterocycles. The van der Waals surface area contributed by atoms with E-state index in [2.05, 4.69) is 170 Å². The molecule has 0 spiro atoms. The third kappa shape index (κ3) is 4.08. The summed E-state index contributed by atoms with van der Waals surface area (Å²) in [5.41, 5.74) is 14.3. The molecule has 0 atom stereocenters. The summed E-state index contributed by atoms with van der Waals surface area (Å²) in [6.45, 7) is 4.68. The minimum absolute atomic E-state index is 0.112. The SMILES string of the molecule is CC1(C)c2ccccc2-c2c(N(c3ccc(-c4cccc5c4oc4ccc6ccccc6c45)cc3)c3ccc4oc5ccccc5c4c3)cccc21. The minimum atomic E-state index is -0.112. The van der Waals surface area contributed by atoms with Gasteiger partial charge >= 0.3 is 0 Å². The molecule has 52 heavy (non-hydrogen) atoms. The van der Waals surface area contributed by atoms with Crippen LogP contribution in [0.2, 0.25) is 0 Å². The lowest BCUT2D eigenvalue weighted by Gasteiger charge is -2.29. The summed E-state index contributed by atoms with van der Waals surface area (Å²) in [4.78, 5) is 2.41. The molecule has 1 aliphatic rings. The van der Waals surface area contributed by atoms with Crippen LogP contribution >= 0.6 is 0 Å². The van der Waals surface area contributed by atoms with Gasteiger partial charge in [-0.2, -0.15) is 0 Å². The van der Waals surface area contributed by atoms with E-state index >= 15 is 0 Å². The molecule has 3 heteroatoms. The zero-order chi connectivity index (χ0) is 34.6. The summed E-state index contributed by atoms with van der Waals surface area (Å²) in [5, 5.41) is 6.95. The second-order valence-corrected chi connectivity index (χ2v) is 14.5. The fraction of sp³-hybridized carbons (Fsp3) is 0.0612. The standard InChI is InChI=1S/C49H33NO2/c1-49(2)40-17-7-5-14-37(40)47-41(49)18-10-19-42(47)50(33-26-28-44-39(29-33)36-13-6-8-20-43(36)51-44)32-24-21-31(22-25-32)35-15-9-16-38-46-34-12-4-3-11-30(34)23-27-45(46)52-48(35)38/h3-29H,1-2H3. The van der Waals surface area contributed by atoms with Gasteiger partial charge in [0.2, 0.25) is 0 Å². The lowest BCUT2D eigenvalue weighted by Crippen LogP contribution is -2.16. The van der Waals surface area contributed by atoms with Crippen molar-refractivity contribution >= 4 is 71.7 Å². The van der Waals surface area contributed by atoms with Gasteiger partial charge in [-0.25, -0.2) is 0 Å². The van der Waals surface area contributed by atoms with Crippen LogP contribution in [0.25, 0.3) is 76.9 Å². The average Bonchev–Trinajstić information content (AvgIpc) is 3.83. The molecule has 11 rings (SSSR count). The Kier molecular flexibility index (Phi) is 6.01. The molecule has 0 saturated carbocycles. The molecule has 3 nitrogen and oxygen atoms in total. The van der Waals surface area contributed by atoms with Gasteiger partial charge in [-0.05, 0) is 81.6 Å². The molecule has 0 saturated heterocycles. The number of furan rings is 2. The predicted molar refractivity (Wildman–Crippen MR) is 216 cm³/mol. The number of benzene rings is 8. The Labute approximate surface area is 301 Å². The van der Waals surface area contributed by atoms with Crippen LogP contribution in [0.4, 0.5) is 17.1 Å². The number of hydrogen-bond donors (Lipinski definition) is 0. The normalized spacial score (nSPS) is 13.3. The largest absolute Gasteiger partial charge is 0.456 e. The van der Waals surface area contributed by atoms with E-state index in [1.165, 1.54) is 38.4 Å². The maximum absolute atomic E-state index is 6.61. The zero-order valence-corrected chi connectivity index (χ0v) is 28.9. The molecule has 1 aliphatic carbocycles. The Bertz CT molecular complexity index is 3050. The summed E-state index contributed by atoms with van der Waals surface area (Å²) < 4.78 is 12.9. The Morgan fingerprint density at radius 1 is 0.462 bits per heavy atom. The van der Waals surface area contributed by atoms with Crippen LogP contribution in [0.1, 0.15) is 25.0 Å². The third-order valence-electron chi connectivity index (χ3n) is 11.3. The Morgan fingerprint density at radius 3 is 2.04 bits per heavy atom. The first-order chi connectivity index (χ1) is 25.5. The van der Waals surface area contributed by atoms with Crippen molar-refractivity contribution in [3.63, 3.8) is 0 Å². The maximum Gasteiger partial charge on any atom is 0.143 e. The molecule has 0 fully saturated rings. The third-order valence-corrected chi connectivity index (χ3v) is 11.3. The highest BCUT2D eigenvalue weighted by Gasteiger charge is 2.37. The highest BCUT2D eigenvalue weighted by molar-refractivity contribution is 6.20. The van der Waals surface area contributed by atoms with Crippen LogP contribution in [-0.2, 0) is 5.41 Å². The number of nitrogens with zero attached hydrogens (tertiary/aromatic N) is 1. The van der Waals surface area contributed by atoms with Gasteiger partial charge in [-0.1, -0.05) is 129 Å². The topological polar surface area (TPSA) is 29.5 Å². The van der Waals surface area contributed by atoms with Crippen molar-refractivity contribution in [2.45, 2.75) is 19.3 Å². The van der Waals surface area contributed by atoms with Crippen molar-refractivity contribution in [2.75, 3.05) is 4.90 Å². The van der Waals surface area contributed by atoms with Crippen molar-refractivity contribution in [1.29, 1.82) is 0 Å². The second-order valence-electron chi connectivity index (χ2n) is 14.5. The van der Waals surface area contributed by atoms with Crippen LogP contribution in [-0.4, -0.2) is 0 Å². The lowest BCUT2D eigenvalue weighted by molar-refractivity contribution is 0.660. The van der Waals surface area contributed by atoms with Crippen molar-refractivity contribution in [3.05, 3.63) is 175 Å². The molecule has 0 amide bonds. The Balaban J connectivity index is 1.11. The molecular formula is C49H33NO2. The number of anilines is 3. The van der Waals surface area contributed by atoms with E-state index in [0.717, 1.165) is 66.7 Å². The van der Waals surface area contributed by atoms with Crippen molar-refractivity contribution in [2.24, 2.45) is 0 Å². The molecule has 246 valence electrons. The Hall–Kier alpha value is -6.58. The van der Waals surface area contributed by atoms with E-state index in [1.54, 1.807) is 0 Å². The molecule has 0 bridgehead atoms. The molecule has 2 heterocycles. The second kappa shape index (κ2) is 10.7. The summed E-state index contributed by atoms with van der Waals surface area (Å²) >= 11 is 0. The van der Waals surface area contributed by atoms with Gasteiger partial charge in [0, 0.05) is 49.5 Å². The Morgan fingerprint density at radius 2 is 1.13 bits per heavy atom. The molecular weight excluding hydrogens is 635 g/mol. The van der Waals surface area contributed by atoms with Crippen molar-refractivity contribution in [3.8, 4) is 22.3 Å². The summed E-state index contributed by atoms with van der Waals surface area (Å²) in [7, 11) is 0. The summed E-state index contributed by atoms with van der Waals surface area (Å²) in [5.74, 6) is 0. The fourth-order valence-corrected chi connectivity index (χ4v) is 8.79. The van der Waals surface area contributed by atoms with Gasteiger partial charge in [0.15, 0.2) is 0 Å². The average molecular weight is 668 g/mol. The number of para-hydroxylation sites is 2. The predicted octanol–water partition coefficient (Wildman–Crippen LogP) is 14.1. The van der Waals surface area contributed by atoms with E-state index in [4.69, 9.17) is 8.83 Å². The molecule has 10 aromatic rings. The van der Waals surface area contributed by atoms with Crippen LogP contribution in [0, 0.1) is 0 Å². The molecule has 0 unspecified atom stereocenters. The van der Waals surface area contributed by atoms with Gasteiger partial charge in [0.05, 0.1) is 5.69 Å². The van der Waals surface area contributed by atoms with E-state index in [1.807, 2.05) is 12.1 Å². The summed E-state index contributed by atoms with van der Waals surface area (Å²) in [6, 6.07) is 58.7. The van der Waals surface area contributed by atoms with Gasteiger partial charge in [0.25, 0.3) is 0 Å². The van der Waals surface area contributed by atoms with Crippen molar-refractivity contribution in [1.82, 2.24) is 0 Å². The number of fused-ring (bicyclic) bond motifs is 11. The monoisotopic (exact) mass is 667 g/mol. The fourth-order valence-electron chi connectivity index (χ4n) is 8.79. The van der Waals surface area contributed by atoms with Gasteiger partial charge in [0.1, 0.15) is 22.3 Å². The maximum atomic E-state index is 6.61. The molecule has 0 aliphatic heterocycles. The first-order valence-electron chi connectivity index (χ1n) is 17.9. The minimum Gasteiger partial charge on any atom is -0.456 e. The van der Waals surface area contributed by atoms with E-state index in [0.29, 0.717) is 0 Å². The van der Waals surface area contributed by atoms with Gasteiger partial charge < -0.3 is 13.7 Å². The highest BCUT2D eigenvalue weighted by atomic mass is 16.3. The van der Waals surface area contributed by atoms with E-state index in [9.17, 15) is 0 Å². The van der Waals surface area contributed by atoms with Gasteiger partial charge in [-0.15, -0.1) is 0 Å². The first kappa shape index (κ1) is 29.2.